The Bertz CT molecular complexity index is 346. The van der Waals surface area contributed by atoms with Crippen LogP contribution in [0.25, 0.3) is 0 Å². The SMILES string of the molecule is CCCCCCCCCC1CC(OC(C)=O)=CC(=O)O1. The topological polar surface area (TPSA) is 52.6 Å². The Morgan fingerprint density at radius 1 is 1.25 bits per heavy atom. The van der Waals surface area contributed by atoms with Crippen molar-refractivity contribution < 1.29 is 19.1 Å². The molecule has 1 heterocycles. The van der Waals surface area contributed by atoms with Crippen LogP contribution in [0, 0.1) is 0 Å². The van der Waals surface area contributed by atoms with Gasteiger partial charge in [0.15, 0.2) is 0 Å². The number of hydrogen-bond donors (Lipinski definition) is 0. The molecule has 4 nitrogen and oxygen atoms in total. The normalized spacial score (nSPS) is 18.4. The Labute approximate surface area is 121 Å². The van der Waals surface area contributed by atoms with Crippen molar-refractivity contribution in [2.75, 3.05) is 0 Å². The summed E-state index contributed by atoms with van der Waals surface area (Å²) >= 11 is 0. The van der Waals surface area contributed by atoms with E-state index in [9.17, 15) is 9.59 Å². The van der Waals surface area contributed by atoms with Crippen LogP contribution in [-0.2, 0) is 19.1 Å². The molecule has 0 aromatic heterocycles. The number of hydrogen-bond acceptors (Lipinski definition) is 4. The lowest BCUT2D eigenvalue weighted by Gasteiger charge is -2.22. The van der Waals surface area contributed by atoms with E-state index < -0.39 is 5.97 Å². The molecule has 0 aliphatic carbocycles. The van der Waals surface area contributed by atoms with Crippen molar-refractivity contribution in [3.05, 3.63) is 11.8 Å². The molecule has 0 spiro atoms. The zero-order valence-electron chi connectivity index (χ0n) is 12.7. The summed E-state index contributed by atoms with van der Waals surface area (Å²) in [6.45, 7) is 3.55. The Hall–Kier alpha value is -1.32. The van der Waals surface area contributed by atoms with E-state index in [4.69, 9.17) is 9.47 Å². The lowest BCUT2D eigenvalue weighted by Crippen LogP contribution is -2.24. The number of carbonyl (C=O) groups excluding carboxylic acids is 2. The zero-order valence-corrected chi connectivity index (χ0v) is 12.7. The standard InChI is InChI=1S/C16H26O4/c1-3-4-5-6-7-8-9-10-14-11-15(19-13(2)17)12-16(18)20-14/h12,14H,3-11H2,1-2H3. The lowest BCUT2D eigenvalue weighted by atomic mass is 10.0. The molecule has 4 heteroatoms. The summed E-state index contributed by atoms with van der Waals surface area (Å²) in [6, 6.07) is 0. The molecule has 0 amide bonds. The minimum Gasteiger partial charge on any atom is -0.459 e. The van der Waals surface area contributed by atoms with Crippen LogP contribution in [0.4, 0.5) is 0 Å². The molecule has 0 aromatic carbocycles. The molecule has 114 valence electrons. The van der Waals surface area contributed by atoms with Crippen molar-refractivity contribution in [3.63, 3.8) is 0 Å². The second-order valence-electron chi connectivity index (χ2n) is 5.38. The summed E-state index contributed by atoms with van der Waals surface area (Å²) in [5.41, 5.74) is 0. The van der Waals surface area contributed by atoms with E-state index in [1.54, 1.807) is 0 Å². The number of cyclic esters (lactones) is 1. The third kappa shape index (κ3) is 7.31. The van der Waals surface area contributed by atoms with Crippen molar-refractivity contribution in [3.8, 4) is 0 Å². The van der Waals surface area contributed by atoms with E-state index in [0.29, 0.717) is 12.2 Å². The maximum absolute atomic E-state index is 11.4. The van der Waals surface area contributed by atoms with E-state index in [1.165, 1.54) is 51.5 Å². The van der Waals surface area contributed by atoms with Gasteiger partial charge in [-0.3, -0.25) is 4.79 Å². The number of ether oxygens (including phenoxy) is 2. The van der Waals surface area contributed by atoms with Gasteiger partial charge in [0.2, 0.25) is 0 Å². The van der Waals surface area contributed by atoms with Gasteiger partial charge < -0.3 is 9.47 Å². The number of unbranched alkanes of at least 4 members (excludes halogenated alkanes) is 6. The van der Waals surface area contributed by atoms with Gasteiger partial charge in [-0.25, -0.2) is 4.79 Å². The summed E-state index contributed by atoms with van der Waals surface area (Å²) in [5.74, 6) is -0.359. The average Bonchev–Trinajstić information content (AvgIpc) is 2.36. The molecular weight excluding hydrogens is 256 g/mol. The van der Waals surface area contributed by atoms with Crippen LogP contribution < -0.4 is 0 Å². The van der Waals surface area contributed by atoms with E-state index in [-0.39, 0.29) is 12.1 Å². The van der Waals surface area contributed by atoms with Crippen molar-refractivity contribution in [2.45, 2.75) is 77.7 Å². The van der Waals surface area contributed by atoms with Crippen LogP contribution >= 0.6 is 0 Å². The molecule has 1 atom stereocenters. The number of esters is 2. The van der Waals surface area contributed by atoms with Crippen molar-refractivity contribution >= 4 is 11.9 Å². The highest BCUT2D eigenvalue weighted by Gasteiger charge is 2.23. The van der Waals surface area contributed by atoms with Crippen LogP contribution in [0.15, 0.2) is 11.8 Å². The van der Waals surface area contributed by atoms with Crippen LogP contribution in [0.3, 0.4) is 0 Å². The van der Waals surface area contributed by atoms with Crippen molar-refractivity contribution in [1.29, 1.82) is 0 Å². The van der Waals surface area contributed by atoms with Gasteiger partial charge in [-0.2, -0.15) is 0 Å². The predicted octanol–water partition coefficient (Wildman–Crippen LogP) is 3.89. The van der Waals surface area contributed by atoms with Gasteiger partial charge in [-0.15, -0.1) is 0 Å². The fourth-order valence-corrected chi connectivity index (χ4v) is 2.40. The molecule has 0 radical (unpaired) electrons. The van der Waals surface area contributed by atoms with Crippen molar-refractivity contribution in [2.24, 2.45) is 0 Å². The fourth-order valence-electron chi connectivity index (χ4n) is 2.40. The Morgan fingerprint density at radius 3 is 2.55 bits per heavy atom. The second-order valence-corrected chi connectivity index (χ2v) is 5.38. The summed E-state index contributed by atoms with van der Waals surface area (Å²) in [4.78, 5) is 22.3. The third-order valence-electron chi connectivity index (χ3n) is 3.39. The maximum atomic E-state index is 11.4. The van der Waals surface area contributed by atoms with Gasteiger partial charge in [-0.1, -0.05) is 45.4 Å². The molecule has 0 saturated heterocycles. The predicted molar refractivity (Wildman–Crippen MR) is 77.0 cm³/mol. The molecule has 1 aliphatic heterocycles. The molecule has 1 rings (SSSR count). The molecule has 0 saturated carbocycles. The summed E-state index contributed by atoms with van der Waals surface area (Å²) in [5, 5.41) is 0. The highest BCUT2D eigenvalue weighted by Crippen LogP contribution is 2.21. The smallest absolute Gasteiger partial charge is 0.334 e. The first-order chi connectivity index (χ1) is 9.61. The molecule has 0 bridgehead atoms. The number of rotatable bonds is 9. The maximum Gasteiger partial charge on any atom is 0.334 e. The molecule has 0 fully saturated rings. The fraction of sp³-hybridized carbons (Fsp3) is 0.750. The van der Waals surface area contributed by atoms with Gasteiger partial charge in [0.25, 0.3) is 0 Å². The van der Waals surface area contributed by atoms with Gasteiger partial charge in [-0.05, 0) is 12.8 Å². The average molecular weight is 282 g/mol. The quantitative estimate of drug-likeness (QED) is 0.475. The minimum absolute atomic E-state index is 0.141. The molecule has 1 unspecified atom stereocenters. The third-order valence-corrected chi connectivity index (χ3v) is 3.39. The summed E-state index contributed by atoms with van der Waals surface area (Å²) < 4.78 is 10.2. The highest BCUT2D eigenvalue weighted by atomic mass is 16.6. The van der Waals surface area contributed by atoms with Crippen LogP contribution in [-0.4, -0.2) is 18.0 Å². The summed E-state index contributed by atoms with van der Waals surface area (Å²) in [7, 11) is 0. The lowest BCUT2D eigenvalue weighted by molar-refractivity contribution is -0.147. The Balaban J connectivity index is 2.16. The summed E-state index contributed by atoms with van der Waals surface area (Å²) in [6.07, 6.45) is 11.1. The highest BCUT2D eigenvalue weighted by molar-refractivity contribution is 5.84. The zero-order chi connectivity index (χ0) is 14.8. The molecular formula is C16H26O4. The first-order valence-electron chi connectivity index (χ1n) is 7.71. The second kappa shape index (κ2) is 9.56. The first kappa shape index (κ1) is 16.7. The molecule has 0 N–H and O–H groups in total. The van der Waals surface area contributed by atoms with Gasteiger partial charge in [0, 0.05) is 13.3 Å². The van der Waals surface area contributed by atoms with Gasteiger partial charge in [0.05, 0.1) is 6.08 Å². The van der Waals surface area contributed by atoms with E-state index in [1.807, 2.05) is 0 Å². The largest absolute Gasteiger partial charge is 0.459 e. The van der Waals surface area contributed by atoms with Crippen molar-refractivity contribution in [1.82, 2.24) is 0 Å². The Morgan fingerprint density at radius 2 is 1.90 bits per heavy atom. The monoisotopic (exact) mass is 282 g/mol. The van der Waals surface area contributed by atoms with Crippen LogP contribution in [0.2, 0.25) is 0 Å². The number of carbonyl (C=O) groups is 2. The molecule has 20 heavy (non-hydrogen) atoms. The van der Waals surface area contributed by atoms with E-state index in [2.05, 4.69) is 6.92 Å². The van der Waals surface area contributed by atoms with Crippen LogP contribution in [0.5, 0.6) is 0 Å². The van der Waals surface area contributed by atoms with E-state index >= 15 is 0 Å². The Kier molecular flexibility index (Phi) is 8.00. The minimum atomic E-state index is -0.402. The first-order valence-corrected chi connectivity index (χ1v) is 7.71. The van der Waals surface area contributed by atoms with E-state index in [0.717, 1.165) is 12.8 Å². The van der Waals surface area contributed by atoms with Gasteiger partial charge >= 0.3 is 11.9 Å². The van der Waals surface area contributed by atoms with Gasteiger partial charge in [0.1, 0.15) is 11.9 Å². The molecule has 1 aliphatic rings. The molecule has 0 aromatic rings. The van der Waals surface area contributed by atoms with Crippen LogP contribution in [0.1, 0.15) is 71.6 Å².